The number of nitrogens with two attached hydrogens (primary N) is 1. The largest absolute Gasteiger partial charge is 0.484 e. The zero-order valence-corrected chi connectivity index (χ0v) is 12.1. The highest BCUT2D eigenvalue weighted by atomic mass is 19.4. The Morgan fingerprint density at radius 3 is 2.38 bits per heavy atom. The van der Waals surface area contributed by atoms with Crippen LogP contribution in [0.4, 0.5) is 18.9 Å². The van der Waals surface area contributed by atoms with Crippen LogP contribution in [-0.2, 0) is 5.41 Å². The Morgan fingerprint density at radius 2 is 1.81 bits per heavy atom. The molecule has 0 atom stereocenters. The van der Waals surface area contributed by atoms with E-state index in [1.807, 2.05) is 20.8 Å². The van der Waals surface area contributed by atoms with Gasteiger partial charge in [0, 0.05) is 22.2 Å². The molecule has 0 aliphatic rings. The number of hydrogen-bond acceptors (Lipinski definition) is 3. The van der Waals surface area contributed by atoms with Gasteiger partial charge < -0.3 is 10.5 Å². The van der Waals surface area contributed by atoms with E-state index in [2.05, 4.69) is 4.98 Å². The second-order valence-corrected chi connectivity index (χ2v) is 5.93. The van der Waals surface area contributed by atoms with Crippen molar-refractivity contribution in [3.8, 4) is 5.75 Å². The Morgan fingerprint density at radius 1 is 1.14 bits per heavy atom. The lowest BCUT2D eigenvalue weighted by atomic mass is 9.91. The third kappa shape index (κ3) is 3.77. The fourth-order valence-corrected chi connectivity index (χ4v) is 1.87. The summed E-state index contributed by atoms with van der Waals surface area (Å²) >= 11 is 0. The number of alkyl halides is 3. The summed E-state index contributed by atoms with van der Waals surface area (Å²) in [5.74, 6) is 0.122. The average Bonchev–Trinajstić information content (AvgIpc) is 2.34. The number of aromatic nitrogens is 1. The molecular formula is C15H17F3N2O. The molecule has 1 aromatic heterocycles. The molecule has 0 bridgehead atoms. The predicted molar refractivity (Wildman–Crippen MR) is 76.4 cm³/mol. The molecule has 1 aromatic carbocycles. The number of ether oxygens (including phenoxy) is 1. The zero-order valence-electron chi connectivity index (χ0n) is 12.1. The first-order chi connectivity index (χ1) is 9.56. The third-order valence-electron chi connectivity index (χ3n) is 2.98. The number of halogens is 3. The van der Waals surface area contributed by atoms with E-state index in [0.29, 0.717) is 16.6 Å². The van der Waals surface area contributed by atoms with E-state index in [4.69, 9.17) is 10.5 Å². The highest BCUT2D eigenvalue weighted by Gasteiger charge is 2.28. The van der Waals surface area contributed by atoms with Crippen LogP contribution in [0.5, 0.6) is 5.75 Å². The number of hydrogen-bond donors (Lipinski definition) is 1. The Hall–Kier alpha value is -1.98. The highest BCUT2D eigenvalue weighted by molar-refractivity contribution is 5.91. The zero-order chi connectivity index (χ0) is 15.8. The lowest BCUT2D eigenvalue weighted by Crippen LogP contribution is -2.19. The third-order valence-corrected chi connectivity index (χ3v) is 2.98. The molecule has 0 spiro atoms. The van der Waals surface area contributed by atoms with Crippen molar-refractivity contribution in [2.75, 3.05) is 12.3 Å². The second-order valence-electron chi connectivity index (χ2n) is 5.93. The Bertz CT molecular complexity index is 660. The van der Waals surface area contributed by atoms with Gasteiger partial charge in [-0.05, 0) is 24.3 Å². The van der Waals surface area contributed by atoms with Crippen LogP contribution in [0.3, 0.4) is 0 Å². The Balaban J connectivity index is 2.38. The van der Waals surface area contributed by atoms with Crippen LogP contribution in [0.1, 0.15) is 26.5 Å². The Kier molecular flexibility index (Phi) is 3.74. The molecule has 114 valence electrons. The molecule has 2 rings (SSSR count). The van der Waals surface area contributed by atoms with Crippen LogP contribution in [0.25, 0.3) is 10.9 Å². The second kappa shape index (κ2) is 5.09. The summed E-state index contributed by atoms with van der Waals surface area (Å²) in [4.78, 5) is 4.50. The van der Waals surface area contributed by atoms with Crippen molar-refractivity contribution in [3.63, 3.8) is 0 Å². The van der Waals surface area contributed by atoms with Gasteiger partial charge in [0.15, 0.2) is 6.61 Å². The maximum atomic E-state index is 12.2. The molecule has 6 heteroatoms. The van der Waals surface area contributed by atoms with Crippen molar-refractivity contribution < 1.29 is 17.9 Å². The van der Waals surface area contributed by atoms with E-state index in [9.17, 15) is 13.2 Å². The maximum Gasteiger partial charge on any atom is 0.422 e. The van der Waals surface area contributed by atoms with Crippen molar-refractivity contribution in [3.05, 3.63) is 30.0 Å². The molecule has 2 N–H and O–H groups in total. The maximum absolute atomic E-state index is 12.2. The lowest BCUT2D eigenvalue weighted by molar-refractivity contribution is -0.153. The van der Waals surface area contributed by atoms with Gasteiger partial charge in [-0.2, -0.15) is 13.2 Å². The molecule has 0 fully saturated rings. The minimum Gasteiger partial charge on any atom is -0.484 e. The molecule has 1 heterocycles. The normalized spacial score (nSPS) is 12.7. The number of rotatable bonds is 2. The van der Waals surface area contributed by atoms with Crippen molar-refractivity contribution in [1.82, 2.24) is 4.98 Å². The first-order valence-electron chi connectivity index (χ1n) is 6.46. The van der Waals surface area contributed by atoms with Crippen LogP contribution in [0.15, 0.2) is 24.3 Å². The summed E-state index contributed by atoms with van der Waals surface area (Å²) in [6, 6.07) is 6.31. The number of pyridine rings is 1. The fraction of sp³-hybridized carbons (Fsp3) is 0.400. The monoisotopic (exact) mass is 298 g/mol. The molecule has 0 aliphatic heterocycles. The molecule has 2 aromatic rings. The molecule has 0 saturated heterocycles. The first kappa shape index (κ1) is 15.4. The van der Waals surface area contributed by atoms with E-state index in [1.54, 1.807) is 12.1 Å². The smallest absolute Gasteiger partial charge is 0.422 e. The van der Waals surface area contributed by atoms with E-state index >= 15 is 0 Å². The van der Waals surface area contributed by atoms with E-state index in [0.717, 1.165) is 5.69 Å². The van der Waals surface area contributed by atoms with Crippen LogP contribution in [0.2, 0.25) is 0 Å². The molecule has 0 radical (unpaired) electrons. The summed E-state index contributed by atoms with van der Waals surface area (Å²) < 4.78 is 41.2. The summed E-state index contributed by atoms with van der Waals surface area (Å²) in [5.41, 5.74) is 7.77. The fourth-order valence-electron chi connectivity index (χ4n) is 1.87. The van der Waals surface area contributed by atoms with Crippen LogP contribution in [-0.4, -0.2) is 17.8 Å². The molecule has 0 amide bonds. The number of benzene rings is 1. The molecule has 21 heavy (non-hydrogen) atoms. The first-order valence-corrected chi connectivity index (χ1v) is 6.46. The number of fused-ring (bicyclic) bond motifs is 1. The molecule has 0 saturated carbocycles. The van der Waals surface area contributed by atoms with E-state index in [1.165, 1.54) is 12.1 Å². The summed E-state index contributed by atoms with van der Waals surface area (Å²) in [7, 11) is 0. The summed E-state index contributed by atoms with van der Waals surface area (Å²) in [5, 5.41) is 0.586. The van der Waals surface area contributed by atoms with Gasteiger partial charge in [-0.15, -0.1) is 0 Å². The topological polar surface area (TPSA) is 48.1 Å². The Labute approximate surface area is 120 Å². The van der Waals surface area contributed by atoms with Gasteiger partial charge in [0.05, 0.1) is 5.52 Å². The van der Waals surface area contributed by atoms with Crippen molar-refractivity contribution in [2.45, 2.75) is 32.4 Å². The van der Waals surface area contributed by atoms with Gasteiger partial charge in [-0.3, -0.25) is 4.98 Å². The molecule has 0 unspecified atom stereocenters. The lowest BCUT2D eigenvalue weighted by Gasteiger charge is -2.19. The van der Waals surface area contributed by atoms with Crippen LogP contribution in [0, 0.1) is 0 Å². The van der Waals surface area contributed by atoms with Gasteiger partial charge in [-0.25, -0.2) is 0 Å². The van der Waals surface area contributed by atoms with Gasteiger partial charge in [0.1, 0.15) is 5.75 Å². The number of nitrogens with zero attached hydrogens (tertiary/aromatic N) is 1. The number of nitrogen functional groups attached to an aromatic ring is 1. The van der Waals surface area contributed by atoms with E-state index in [-0.39, 0.29) is 11.2 Å². The molecular weight excluding hydrogens is 281 g/mol. The average molecular weight is 298 g/mol. The van der Waals surface area contributed by atoms with Gasteiger partial charge in [-0.1, -0.05) is 20.8 Å². The van der Waals surface area contributed by atoms with Crippen molar-refractivity contribution >= 4 is 16.6 Å². The van der Waals surface area contributed by atoms with Crippen molar-refractivity contribution in [1.29, 1.82) is 0 Å². The van der Waals surface area contributed by atoms with E-state index < -0.39 is 12.8 Å². The van der Waals surface area contributed by atoms with Crippen LogP contribution < -0.4 is 10.5 Å². The minimum absolute atomic E-state index is 0.122. The van der Waals surface area contributed by atoms with Gasteiger partial charge in [0.25, 0.3) is 0 Å². The summed E-state index contributed by atoms with van der Waals surface area (Å²) in [6.07, 6.45) is -4.37. The minimum atomic E-state index is -4.37. The van der Waals surface area contributed by atoms with Crippen LogP contribution >= 0.6 is 0 Å². The van der Waals surface area contributed by atoms with Gasteiger partial charge in [0.2, 0.25) is 0 Å². The predicted octanol–water partition coefficient (Wildman–Crippen LogP) is 4.06. The van der Waals surface area contributed by atoms with Gasteiger partial charge >= 0.3 is 6.18 Å². The quantitative estimate of drug-likeness (QED) is 0.909. The summed E-state index contributed by atoms with van der Waals surface area (Å²) in [6.45, 7) is 4.72. The molecule has 0 aliphatic carbocycles. The highest BCUT2D eigenvalue weighted by Crippen LogP contribution is 2.30. The number of anilines is 1. The SMILES string of the molecule is CC(C)(C)c1cc(N)c2cc(OCC(F)(F)F)ccc2n1. The standard InChI is InChI=1S/C15H17F3N2O/c1-14(2,3)13-7-11(19)10-6-9(4-5-12(10)20-13)21-8-15(16,17)18/h4-7H,8H2,1-3H3,(H2,19,20). The molecule has 3 nitrogen and oxygen atoms in total. The van der Waals surface area contributed by atoms with Crippen molar-refractivity contribution in [2.24, 2.45) is 0 Å².